The van der Waals surface area contributed by atoms with Gasteiger partial charge in [-0.3, -0.25) is 34.6 Å². The first-order valence-electron chi connectivity index (χ1n) is 9.61. The Kier molecular flexibility index (Phi) is 6.47. The van der Waals surface area contributed by atoms with E-state index in [-0.39, 0.29) is 41.9 Å². The van der Waals surface area contributed by atoms with Crippen molar-refractivity contribution in [3.05, 3.63) is 85.5 Å². The number of ketones is 1. The van der Waals surface area contributed by atoms with Crippen molar-refractivity contribution in [2.24, 2.45) is 0 Å². The number of aliphatic hydroxyl groups is 1. The van der Waals surface area contributed by atoms with Crippen LogP contribution >= 0.6 is 0 Å². The molecule has 0 radical (unpaired) electrons. The predicted molar refractivity (Wildman–Crippen MR) is 112 cm³/mol. The van der Waals surface area contributed by atoms with Gasteiger partial charge in [-0.25, -0.2) is 0 Å². The summed E-state index contributed by atoms with van der Waals surface area (Å²) >= 11 is 0. The summed E-state index contributed by atoms with van der Waals surface area (Å²) in [6.45, 7) is -0.116. The average molecular weight is 455 g/mol. The molecule has 170 valence electrons. The Labute approximate surface area is 185 Å². The second kappa shape index (κ2) is 9.26. The number of carboxylic acid groups (broad SMARTS) is 1. The fourth-order valence-corrected chi connectivity index (χ4v) is 3.53. The van der Waals surface area contributed by atoms with Gasteiger partial charge in [0.15, 0.2) is 0 Å². The van der Waals surface area contributed by atoms with E-state index in [9.17, 15) is 39.7 Å². The summed E-state index contributed by atoms with van der Waals surface area (Å²) in [5.74, 6) is -3.66. The van der Waals surface area contributed by atoms with Crippen LogP contribution in [-0.2, 0) is 14.4 Å². The molecule has 12 heteroatoms. The quantitative estimate of drug-likeness (QED) is 0.199. The van der Waals surface area contributed by atoms with Gasteiger partial charge in [-0.15, -0.1) is 0 Å². The number of carbonyl (C=O) groups excluding carboxylic acids is 2. The van der Waals surface area contributed by atoms with Crippen molar-refractivity contribution in [1.82, 2.24) is 4.90 Å². The molecule has 1 aliphatic heterocycles. The summed E-state index contributed by atoms with van der Waals surface area (Å²) in [7, 11) is 0. The third-order valence-electron chi connectivity index (χ3n) is 5.10. The zero-order valence-electron chi connectivity index (χ0n) is 16.9. The Morgan fingerprint density at radius 2 is 1.42 bits per heavy atom. The summed E-state index contributed by atoms with van der Waals surface area (Å²) in [5.41, 5.74) is -0.433. The monoisotopic (exact) mass is 455 g/mol. The molecule has 1 amide bonds. The number of aliphatic hydroxyl groups excluding tert-OH is 1. The Bertz CT molecular complexity index is 1170. The lowest BCUT2D eigenvalue weighted by Crippen LogP contribution is -2.31. The van der Waals surface area contributed by atoms with Crippen molar-refractivity contribution in [2.75, 3.05) is 6.54 Å². The Hall–Kier alpha value is -4.61. The fraction of sp³-hybridized carbons (Fsp3) is 0.190. The van der Waals surface area contributed by atoms with E-state index in [1.807, 2.05) is 0 Å². The molecule has 1 heterocycles. The van der Waals surface area contributed by atoms with Crippen LogP contribution in [-0.4, -0.2) is 49.2 Å². The molecule has 1 aliphatic rings. The highest BCUT2D eigenvalue weighted by molar-refractivity contribution is 6.46. The maximum absolute atomic E-state index is 12.8. The molecule has 1 atom stereocenters. The molecule has 0 aliphatic carbocycles. The minimum Gasteiger partial charge on any atom is -0.507 e. The lowest BCUT2D eigenvalue weighted by molar-refractivity contribution is -0.385. The van der Waals surface area contributed by atoms with Gasteiger partial charge in [0.25, 0.3) is 23.1 Å². The van der Waals surface area contributed by atoms with Crippen LogP contribution in [0.15, 0.2) is 54.1 Å². The molecule has 33 heavy (non-hydrogen) atoms. The third-order valence-corrected chi connectivity index (χ3v) is 5.10. The fourth-order valence-electron chi connectivity index (χ4n) is 3.53. The molecule has 2 aromatic rings. The summed E-state index contributed by atoms with van der Waals surface area (Å²) in [6.07, 6.45) is -0.234. The van der Waals surface area contributed by atoms with E-state index in [0.717, 1.165) is 17.0 Å². The van der Waals surface area contributed by atoms with Crippen LogP contribution < -0.4 is 0 Å². The number of benzene rings is 2. The topological polar surface area (TPSA) is 181 Å². The van der Waals surface area contributed by atoms with Crippen LogP contribution in [0.25, 0.3) is 5.76 Å². The molecule has 0 spiro atoms. The molecular formula is C21H17N3O9. The number of Topliss-reactive ketones (excluding diaryl/α,β-unsaturated/α-hetero) is 1. The van der Waals surface area contributed by atoms with Gasteiger partial charge in [0.05, 0.1) is 21.5 Å². The van der Waals surface area contributed by atoms with Gasteiger partial charge in [0.1, 0.15) is 5.76 Å². The normalized spacial score (nSPS) is 17.2. The number of nitro benzene ring substituents is 2. The summed E-state index contributed by atoms with van der Waals surface area (Å²) < 4.78 is 0. The van der Waals surface area contributed by atoms with Gasteiger partial charge < -0.3 is 15.1 Å². The SMILES string of the molecule is O=C(O)CCCN1C(=O)C(=O)/C(=C(/O)c2ccc([N+](=O)[O-])cc2)C1c1ccc([N+](=O)[O-])cc1. The number of carbonyl (C=O) groups is 3. The number of nitro groups is 2. The van der Waals surface area contributed by atoms with E-state index in [0.29, 0.717) is 5.56 Å². The Balaban J connectivity index is 2.10. The number of rotatable bonds is 8. The highest BCUT2D eigenvalue weighted by Gasteiger charge is 2.45. The molecule has 1 unspecified atom stereocenters. The zero-order chi connectivity index (χ0) is 24.3. The third kappa shape index (κ3) is 4.69. The number of amides is 1. The van der Waals surface area contributed by atoms with Crippen molar-refractivity contribution in [2.45, 2.75) is 18.9 Å². The van der Waals surface area contributed by atoms with Gasteiger partial charge in [-0.05, 0) is 36.2 Å². The minimum absolute atomic E-state index is 0.0312. The molecule has 2 N–H and O–H groups in total. The van der Waals surface area contributed by atoms with Gasteiger partial charge in [0.2, 0.25) is 0 Å². The number of nitrogens with zero attached hydrogens (tertiary/aromatic N) is 3. The first-order chi connectivity index (χ1) is 15.6. The second-order valence-electron chi connectivity index (χ2n) is 7.14. The van der Waals surface area contributed by atoms with Gasteiger partial charge >= 0.3 is 5.97 Å². The van der Waals surface area contributed by atoms with Crippen molar-refractivity contribution in [3.63, 3.8) is 0 Å². The van der Waals surface area contributed by atoms with Crippen LogP contribution in [0, 0.1) is 20.2 Å². The smallest absolute Gasteiger partial charge is 0.303 e. The number of hydrogen-bond acceptors (Lipinski definition) is 8. The van der Waals surface area contributed by atoms with Gasteiger partial charge in [-0.1, -0.05) is 0 Å². The second-order valence-corrected chi connectivity index (χ2v) is 7.14. The predicted octanol–water partition coefficient (Wildman–Crippen LogP) is 2.79. The van der Waals surface area contributed by atoms with E-state index in [2.05, 4.69) is 0 Å². The number of aliphatic carboxylic acids is 1. The van der Waals surface area contributed by atoms with Crippen LogP contribution in [0.2, 0.25) is 0 Å². The first kappa shape index (κ1) is 23.1. The van der Waals surface area contributed by atoms with E-state index in [1.165, 1.54) is 36.4 Å². The summed E-state index contributed by atoms with van der Waals surface area (Å²) in [4.78, 5) is 58.1. The summed E-state index contributed by atoms with van der Waals surface area (Å²) in [5, 5.41) is 41.6. The van der Waals surface area contributed by atoms with Crippen LogP contribution in [0.5, 0.6) is 0 Å². The maximum Gasteiger partial charge on any atom is 0.303 e. The highest BCUT2D eigenvalue weighted by Crippen LogP contribution is 2.40. The molecule has 12 nitrogen and oxygen atoms in total. The maximum atomic E-state index is 12.8. The number of hydrogen-bond donors (Lipinski definition) is 2. The van der Waals surface area contributed by atoms with Gasteiger partial charge in [-0.2, -0.15) is 0 Å². The molecule has 0 saturated carbocycles. The number of likely N-dealkylation sites (tertiary alicyclic amines) is 1. The largest absolute Gasteiger partial charge is 0.507 e. The molecular weight excluding hydrogens is 438 g/mol. The van der Waals surface area contributed by atoms with E-state index < -0.39 is 39.3 Å². The average Bonchev–Trinajstić information content (AvgIpc) is 3.03. The van der Waals surface area contributed by atoms with Gasteiger partial charge in [0, 0.05) is 42.8 Å². The van der Waals surface area contributed by atoms with Crippen LogP contribution in [0.1, 0.15) is 30.0 Å². The van der Waals surface area contributed by atoms with Crippen molar-refractivity contribution in [3.8, 4) is 0 Å². The molecule has 3 rings (SSSR count). The standard InChI is InChI=1S/C21H17N3O9/c25-16(26)2-1-11-22-18(12-3-7-14(8-4-12)23(30)31)17(20(28)21(22)29)19(27)13-5-9-15(10-6-13)24(32)33/h3-10,18,27H,1-2,11H2,(H,25,26)/b19-17+. The van der Waals surface area contributed by atoms with Crippen LogP contribution in [0.3, 0.4) is 0 Å². The highest BCUT2D eigenvalue weighted by atomic mass is 16.6. The molecule has 0 aromatic heterocycles. The summed E-state index contributed by atoms with van der Waals surface area (Å²) in [6, 6.07) is 8.59. The first-order valence-corrected chi connectivity index (χ1v) is 9.61. The zero-order valence-corrected chi connectivity index (χ0v) is 16.9. The van der Waals surface area contributed by atoms with Crippen molar-refractivity contribution < 1.29 is 34.4 Å². The van der Waals surface area contributed by atoms with Crippen molar-refractivity contribution >= 4 is 34.8 Å². The van der Waals surface area contributed by atoms with E-state index in [4.69, 9.17) is 5.11 Å². The van der Waals surface area contributed by atoms with Crippen LogP contribution in [0.4, 0.5) is 11.4 Å². The van der Waals surface area contributed by atoms with Crippen molar-refractivity contribution in [1.29, 1.82) is 0 Å². The molecule has 0 bridgehead atoms. The lowest BCUT2D eigenvalue weighted by Gasteiger charge is -2.25. The Morgan fingerprint density at radius 1 is 0.909 bits per heavy atom. The lowest BCUT2D eigenvalue weighted by atomic mass is 9.95. The molecule has 2 aromatic carbocycles. The number of carboxylic acids is 1. The Morgan fingerprint density at radius 3 is 1.91 bits per heavy atom. The van der Waals surface area contributed by atoms with E-state index >= 15 is 0 Å². The minimum atomic E-state index is -1.13. The number of non-ortho nitro benzene ring substituents is 2. The molecule has 1 saturated heterocycles. The molecule has 1 fully saturated rings. The van der Waals surface area contributed by atoms with E-state index in [1.54, 1.807) is 0 Å².